The molecule has 24 heavy (non-hydrogen) atoms. The van der Waals surface area contributed by atoms with Gasteiger partial charge in [0.15, 0.2) is 0 Å². The minimum absolute atomic E-state index is 0.00561. The number of esters is 1. The van der Waals surface area contributed by atoms with E-state index in [0.717, 1.165) is 0 Å². The largest absolute Gasteiger partial charge is 0.469 e. The number of methoxy groups -OCH3 is 1. The third-order valence-electron chi connectivity index (χ3n) is 3.20. The molecule has 0 saturated heterocycles. The van der Waals surface area contributed by atoms with Gasteiger partial charge in [0, 0.05) is 17.7 Å². The maximum atomic E-state index is 12.1. The number of amides is 2. The summed E-state index contributed by atoms with van der Waals surface area (Å²) in [5.74, 6) is -0.405. The minimum Gasteiger partial charge on any atom is -0.469 e. The SMILES string of the molecule is COC(=O)CCC(=O)Nc1cccc(C(=O)NCc2ccco2)c1. The standard InChI is InChI=1S/C17H18N2O5/c1-23-16(21)8-7-15(20)19-13-5-2-4-12(10-13)17(22)18-11-14-6-3-9-24-14/h2-6,9-10H,7-8,11H2,1H3,(H,18,22)(H,19,20). The molecule has 0 aliphatic heterocycles. The van der Waals surface area contributed by atoms with E-state index in [0.29, 0.717) is 17.0 Å². The molecule has 126 valence electrons. The van der Waals surface area contributed by atoms with Crippen molar-refractivity contribution in [1.82, 2.24) is 5.32 Å². The average Bonchev–Trinajstić information content (AvgIpc) is 3.11. The van der Waals surface area contributed by atoms with Crippen molar-refractivity contribution in [2.75, 3.05) is 12.4 Å². The van der Waals surface area contributed by atoms with Crippen molar-refractivity contribution in [3.63, 3.8) is 0 Å². The quantitative estimate of drug-likeness (QED) is 0.758. The van der Waals surface area contributed by atoms with Crippen LogP contribution >= 0.6 is 0 Å². The lowest BCUT2D eigenvalue weighted by atomic mass is 10.2. The van der Waals surface area contributed by atoms with Crippen LogP contribution in [0.15, 0.2) is 47.1 Å². The van der Waals surface area contributed by atoms with Gasteiger partial charge in [0.2, 0.25) is 5.91 Å². The van der Waals surface area contributed by atoms with Crippen molar-refractivity contribution < 1.29 is 23.5 Å². The molecule has 1 aromatic heterocycles. The predicted molar refractivity (Wildman–Crippen MR) is 86.2 cm³/mol. The average molecular weight is 330 g/mol. The lowest BCUT2D eigenvalue weighted by molar-refractivity contribution is -0.141. The van der Waals surface area contributed by atoms with E-state index in [-0.39, 0.29) is 31.2 Å². The molecule has 0 saturated carbocycles. The Bertz CT molecular complexity index is 710. The lowest BCUT2D eigenvalue weighted by Gasteiger charge is -2.08. The van der Waals surface area contributed by atoms with Gasteiger partial charge in [-0.25, -0.2) is 0 Å². The second-order valence-electron chi connectivity index (χ2n) is 4.97. The summed E-state index contributed by atoms with van der Waals surface area (Å²) in [5, 5.41) is 5.36. The van der Waals surface area contributed by atoms with Crippen LogP contribution in [0.1, 0.15) is 29.0 Å². The van der Waals surface area contributed by atoms with Gasteiger partial charge in [0.05, 0.1) is 26.3 Å². The summed E-state index contributed by atoms with van der Waals surface area (Å²) in [6, 6.07) is 10.0. The third kappa shape index (κ3) is 5.28. The summed E-state index contributed by atoms with van der Waals surface area (Å²) in [6.07, 6.45) is 1.55. The van der Waals surface area contributed by atoms with Crippen LogP contribution in [0, 0.1) is 0 Å². The van der Waals surface area contributed by atoms with Gasteiger partial charge in [-0.2, -0.15) is 0 Å². The number of anilines is 1. The molecule has 0 aliphatic rings. The van der Waals surface area contributed by atoms with Crippen molar-refractivity contribution in [3.8, 4) is 0 Å². The van der Waals surface area contributed by atoms with Crippen LogP contribution in [0.3, 0.4) is 0 Å². The fourth-order valence-electron chi connectivity index (χ4n) is 1.96. The molecule has 0 bridgehead atoms. The zero-order valence-corrected chi connectivity index (χ0v) is 13.2. The molecule has 0 fully saturated rings. The van der Waals surface area contributed by atoms with Crippen LogP contribution in [0.25, 0.3) is 0 Å². The Hall–Kier alpha value is -3.09. The number of carbonyl (C=O) groups is 3. The highest BCUT2D eigenvalue weighted by Crippen LogP contribution is 2.12. The van der Waals surface area contributed by atoms with E-state index in [4.69, 9.17) is 4.42 Å². The van der Waals surface area contributed by atoms with E-state index in [1.165, 1.54) is 13.4 Å². The number of carbonyl (C=O) groups excluding carboxylic acids is 3. The van der Waals surface area contributed by atoms with Crippen LogP contribution < -0.4 is 10.6 Å². The molecule has 0 radical (unpaired) electrons. The summed E-state index contributed by atoms with van der Waals surface area (Å²) in [4.78, 5) is 34.9. The Labute approximate surface area is 139 Å². The van der Waals surface area contributed by atoms with Gasteiger partial charge < -0.3 is 19.8 Å². The highest BCUT2D eigenvalue weighted by molar-refractivity contribution is 5.97. The number of benzene rings is 1. The molecular weight excluding hydrogens is 312 g/mol. The monoisotopic (exact) mass is 330 g/mol. The van der Waals surface area contributed by atoms with Gasteiger partial charge in [-0.15, -0.1) is 0 Å². The van der Waals surface area contributed by atoms with Gasteiger partial charge in [0.25, 0.3) is 5.91 Å². The molecule has 0 unspecified atom stereocenters. The molecular formula is C17H18N2O5. The molecule has 1 aromatic carbocycles. The zero-order chi connectivity index (χ0) is 17.4. The Morgan fingerprint density at radius 2 is 1.96 bits per heavy atom. The number of nitrogens with one attached hydrogen (secondary N) is 2. The fraction of sp³-hybridized carbons (Fsp3) is 0.235. The second kappa shape index (κ2) is 8.52. The molecule has 2 rings (SSSR count). The number of furan rings is 1. The Morgan fingerprint density at radius 3 is 2.67 bits per heavy atom. The van der Waals surface area contributed by atoms with Crippen molar-refractivity contribution in [2.45, 2.75) is 19.4 Å². The van der Waals surface area contributed by atoms with E-state index in [9.17, 15) is 14.4 Å². The molecule has 0 aliphatic carbocycles. The van der Waals surface area contributed by atoms with Gasteiger partial charge in [-0.05, 0) is 30.3 Å². The van der Waals surface area contributed by atoms with Crippen molar-refractivity contribution in [3.05, 3.63) is 54.0 Å². The van der Waals surface area contributed by atoms with E-state index in [2.05, 4.69) is 15.4 Å². The van der Waals surface area contributed by atoms with Gasteiger partial charge >= 0.3 is 5.97 Å². The highest BCUT2D eigenvalue weighted by atomic mass is 16.5. The summed E-state index contributed by atoms with van der Waals surface area (Å²) < 4.78 is 9.62. The van der Waals surface area contributed by atoms with E-state index >= 15 is 0 Å². The normalized spacial score (nSPS) is 10.0. The predicted octanol–water partition coefficient (Wildman–Crippen LogP) is 2.10. The van der Waals surface area contributed by atoms with Crippen molar-refractivity contribution >= 4 is 23.5 Å². The molecule has 2 amide bonds. The Morgan fingerprint density at radius 1 is 1.12 bits per heavy atom. The molecule has 0 spiro atoms. The minimum atomic E-state index is -0.448. The second-order valence-corrected chi connectivity index (χ2v) is 4.97. The van der Waals surface area contributed by atoms with Crippen molar-refractivity contribution in [2.24, 2.45) is 0 Å². The summed E-state index contributed by atoms with van der Waals surface area (Å²) >= 11 is 0. The first-order valence-corrected chi connectivity index (χ1v) is 7.36. The molecule has 7 heteroatoms. The maximum Gasteiger partial charge on any atom is 0.306 e. The summed E-state index contributed by atoms with van der Waals surface area (Å²) in [5.41, 5.74) is 0.892. The molecule has 1 heterocycles. The lowest BCUT2D eigenvalue weighted by Crippen LogP contribution is -2.22. The maximum absolute atomic E-state index is 12.1. The Balaban J connectivity index is 1.89. The number of rotatable bonds is 7. The van der Waals surface area contributed by atoms with Gasteiger partial charge in [-0.1, -0.05) is 6.07 Å². The molecule has 0 atom stereocenters. The van der Waals surface area contributed by atoms with Crippen LogP contribution in [0.5, 0.6) is 0 Å². The van der Waals surface area contributed by atoms with Gasteiger partial charge in [-0.3, -0.25) is 14.4 Å². The fourth-order valence-corrected chi connectivity index (χ4v) is 1.96. The zero-order valence-electron chi connectivity index (χ0n) is 13.2. The summed E-state index contributed by atoms with van der Waals surface area (Å²) in [7, 11) is 1.27. The summed E-state index contributed by atoms with van der Waals surface area (Å²) in [6.45, 7) is 0.279. The van der Waals surface area contributed by atoms with E-state index in [1.807, 2.05) is 0 Å². The smallest absolute Gasteiger partial charge is 0.306 e. The first kappa shape index (κ1) is 17.3. The van der Waals surface area contributed by atoms with Crippen LogP contribution in [-0.4, -0.2) is 24.9 Å². The highest BCUT2D eigenvalue weighted by Gasteiger charge is 2.10. The first-order valence-electron chi connectivity index (χ1n) is 7.36. The topological polar surface area (TPSA) is 97.6 Å². The van der Waals surface area contributed by atoms with Crippen molar-refractivity contribution in [1.29, 1.82) is 0 Å². The molecule has 2 aromatic rings. The molecule has 7 nitrogen and oxygen atoms in total. The van der Waals surface area contributed by atoms with E-state index < -0.39 is 5.97 Å². The van der Waals surface area contributed by atoms with Gasteiger partial charge in [0.1, 0.15) is 5.76 Å². The molecule has 2 N–H and O–H groups in total. The number of hydrogen-bond donors (Lipinski definition) is 2. The van der Waals surface area contributed by atoms with Crippen LogP contribution in [0.2, 0.25) is 0 Å². The van der Waals surface area contributed by atoms with Crippen LogP contribution in [-0.2, 0) is 20.9 Å². The number of hydrogen-bond acceptors (Lipinski definition) is 5. The van der Waals surface area contributed by atoms with E-state index in [1.54, 1.807) is 36.4 Å². The van der Waals surface area contributed by atoms with Crippen LogP contribution in [0.4, 0.5) is 5.69 Å². The Kier molecular flexibility index (Phi) is 6.13. The first-order chi connectivity index (χ1) is 11.6. The third-order valence-corrected chi connectivity index (χ3v) is 3.20. The number of ether oxygens (including phenoxy) is 1.